The summed E-state index contributed by atoms with van der Waals surface area (Å²) in [6, 6.07) is 4.19. The van der Waals surface area contributed by atoms with Gasteiger partial charge in [-0.2, -0.15) is 5.10 Å². The van der Waals surface area contributed by atoms with Gasteiger partial charge < -0.3 is 0 Å². The van der Waals surface area contributed by atoms with Crippen LogP contribution in [-0.4, -0.2) is 19.7 Å². The van der Waals surface area contributed by atoms with Gasteiger partial charge in [0, 0.05) is 18.5 Å². The molecule has 4 nitrogen and oxygen atoms in total. The fraction of sp³-hybridized carbons (Fsp3) is 0.300. The van der Waals surface area contributed by atoms with E-state index < -0.39 is 0 Å². The van der Waals surface area contributed by atoms with Gasteiger partial charge in [-0.05, 0) is 18.9 Å². The molecule has 0 saturated heterocycles. The van der Waals surface area contributed by atoms with Gasteiger partial charge in [-0.25, -0.2) is 9.97 Å². The summed E-state index contributed by atoms with van der Waals surface area (Å²) in [7, 11) is 0. The molecule has 1 fully saturated rings. The van der Waals surface area contributed by atoms with Crippen molar-refractivity contribution in [3.63, 3.8) is 0 Å². The molecule has 1 aliphatic carbocycles. The molecule has 2 heterocycles. The molecule has 0 unspecified atom stereocenters. The van der Waals surface area contributed by atoms with Gasteiger partial charge in [-0.1, -0.05) is 23.2 Å². The monoisotopic (exact) mass is 256 g/mol. The predicted octanol–water partition coefficient (Wildman–Crippen LogP) is 3.00. The van der Waals surface area contributed by atoms with Gasteiger partial charge in [0.1, 0.15) is 16.6 Å². The summed E-state index contributed by atoms with van der Waals surface area (Å²) in [5.74, 6) is 0. The van der Waals surface area contributed by atoms with E-state index >= 15 is 0 Å². The summed E-state index contributed by atoms with van der Waals surface area (Å²) in [5.41, 5.74) is 0. The molecule has 1 saturated carbocycles. The molecule has 0 spiro atoms. The van der Waals surface area contributed by atoms with Crippen molar-refractivity contribution < 1.29 is 0 Å². The topological polar surface area (TPSA) is 43.6 Å². The Balaban J connectivity index is 0.000000120. The van der Waals surface area contributed by atoms with Gasteiger partial charge in [0.25, 0.3) is 0 Å². The highest BCUT2D eigenvalue weighted by atomic mass is 35.5. The second-order valence-electron chi connectivity index (χ2n) is 3.38. The third-order valence-electron chi connectivity index (χ3n) is 2.05. The van der Waals surface area contributed by atoms with Crippen LogP contribution >= 0.6 is 23.2 Å². The molecular formula is C10H10Cl2N4. The molecular weight excluding hydrogens is 247 g/mol. The molecule has 0 aliphatic heterocycles. The van der Waals surface area contributed by atoms with Crippen molar-refractivity contribution in [3.8, 4) is 0 Å². The number of rotatable bonds is 1. The van der Waals surface area contributed by atoms with E-state index in [2.05, 4.69) is 15.1 Å². The zero-order valence-electron chi connectivity index (χ0n) is 8.42. The Kier molecular flexibility index (Phi) is 3.74. The molecule has 0 bridgehead atoms. The minimum Gasteiger partial charge on any atom is -0.270 e. The van der Waals surface area contributed by atoms with Crippen molar-refractivity contribution in [2.24, 2.45) is 0 Å². The van der Waals surface area contributed by atoms with E-state index in [-0.39, 0.29) is 0 Å². The molecule has 16 heavy (non-hydrogen) atoms. The van der Waals surface area contributed by atoms with Crippen LogP contribution in [0.25, 0.3) is 0 Å². The third kappa shape index (κ3) is 3.47. The van der Waals surface area contributed by atoms with Crippen molar-refractivity contribution in [1.29, 1.82) is 0 Å². The normalized spacial score (nSPS) is 14.1. The van der Waals surface area contributed by atoms with Crippen LogP contribution < -0.4 is 0 Å². The van der Waals surface area contributed by atoms with Crippen molar-refractivity contribution >= 4 is 23.2 Å². The van der Waals surface area contributed by atoms with E-state index in [4.69, 9.17) is 23.2 Å². The van der Waals surface area contributed by atoms with Crippen LogP contribution in [0.5, 0.6) is 0 Å². The summed E-state index contributed by atoms with van der Waals surface area (Å²) < 4.78 is 2.03. The second kappa shape index (κ2) is 5.27. The van der Waals surface area contributed by atoms with Crippen LogP contribution in [0, 0.1) is 0 Å². The highest BCUT2D eigenvalue weighted by Gasteiger charge is 2.22. The lowest BCUT2D eigenvalue weighted by molar-refractivity contribution is 0.641. The standard InChI is InChI=1S/C6H8N2.C4H2Cl2N2/c1-4-7-8(5-1)6-2-3-6;5-3-1-4(6)8-2-7-3/h1,4-6H,2-3H2;1-2H. The first kappa shape index (κ1) is 11.4. The lowest BCUT2D eigenvalue weighted by Crippen LogP contribution is -1.91. The first-order valence-electron chi connectivity index (χ1n) is 4.88. The fourth-order valence-corrected chi connectivity index (χ4v) is 1.50. The maximum Gasteiger partial charge on any atom is 0.133 e. The smallest absolute Gasteiger partial charge is 0.133 e. The molecule has 2 aromatic heterocycles. The number of hydrogen-bond acceptors (Lipinski definition) is 3. The zero-order chi connectivity index (χ0) is 11.4. The van der Waals surface area contributed by atoms with Crippen LogP contribution in [0.2, 0.25) is 10.3 Å². The summed E-state index contributed by atoms with van der Waals surface area (Å²) in [6.45, 7) is 0. The van der Waals surface area contributed by atoms with Crippen LogP contribution in [0.15, 0.2) is 30.9 Å². The second-order valence-corrected chi connectivity index (χ2v) is 4.16. The average Bonchev–Trinajstić information content (AvgIpc) is 2.95. The van der Waals surface area contributed by atoms with Gasteiger partial charge in [0.15, 0.2) is 0 Å². The number of nitrogens with zero attached hydrogens (tertiary/aromatic N) is 4. The molecule has 1 aliphatic rings. The summed E-state index contributed by atoms with van der Waals surface area (Å²) in [4.78, 5) is 7.22. The lowest BCUT2D eigenvalue weighted by atomic mass is 10.7. The van der Waals surface area contributed by atoms with Crippen molar-refractivity contribution in [3.05, 3.63) is 41.2 Å². The predicted molar refractivity (Wildman–Crippen MR) is 62.6 cm³/mol. The summed E-state index contributed by atoms with van der Waals surface area (Å²) >= 11 is 10.8. The Morgan fingerprint density at radius 1 is 1.19 bits per heavy atom. The van der Waals surface area contributed by atoms with Crippen molar-refractivity contribution in [1.82, 2.24) is 19.7 Å². The highest BCUT2D eigenvalue weighted by molar-refractivity contribution is 6.33. The molecule has 0 N–H and O–H groups in total. The molecule has 0 aromatic carbocycles. The molecule has 84 valence electrons. The van der Waals surface area contributed by atoms with Crippen molar-refractivity contribution in [2.75, 3.05) is 0 Å². The van der Waals surface area contributed by atoms with Gasteiger partial charge in [0.05, 0.1) is 6.04 Å². The maximum atomic E-state index is 5.41. The van der Waals surface area contributed by atoms with Gasteiger partial charge >= 0.3 is 0 Å². The quantitative estimate of drug-likeness (QED) is 0.737. The first-order valence-corrected chi connectivity index (χ1v) is 5.63. The van der Waals surface area contributed by atoms with Gasteiger partial charge in [-0.15, -0.1) is 0 Å². The number of halogens is 2. The Hall–Kier alpha value is -1.13. The van der Waals surface area contributed by atoms with E-state index in [0.29, 0.717) is 10.3 Å². The highest BCUT2D eigenvalue weighted by Crippen LogP contribution is 2.33. The van der Waals surface area contributed by atoms with Crippen LogP contribution in [0.1, 0.15) is 18.9 Å². The van der Waals surface area contributed by atoms with Gasteiger partial charge in [0.2, 0.25) is 0 Å². The number of aromatic nitrogens is 4. The number of hydrogen-bond donors (Lipinski definition) is 0. The SMILES string of the molecule is Clc1cc(Cl)ncn1.c1cnn(C2CC2)c1. The largest absolute Gasteiger partial charge is 0.270 e. The summed E-state index contributed by atoms with van der Waals surface area (Å²) in [5, 5.41) is 4.83. The third-order valence-corrected chi connectivity index (χ3v) is 2.46. The van der Waals surface area contributed by atoms with Crippen LogP contribution in [0.3, 0.4) is 0 Å². The molecule has 0 amide bonds. The van der Waals surface area contributed by atoms with E-state index in [1.54, 1.807) is 0 Å². The Labute approximate surface area is 103 Å². The minimum atomic E-state index is 0.366. The average molecular weight is 257 g/mol. The first-order chi connectivity index (χ1) is 7.75. The summed E-state index contributed by atoms with van der Waals surface area (Å²) in [6.07, 6.45) is 7.81. The van der Waals surface area contributed by atoms with Gasteiger partial charge in [-0.3, -0.25) is 4.68 Å². The maximum absolute atomic E-state index is 5.41. The Morgan fingerprint density at radius 2 is 1.88 bits per heavy atom. The molecule has 3 rings (SSSR count). The molecule has 0 radical (unpaired) electrons. The Morgan fingerprint density at radius 3 is 2.25 bits per heavy atom. The fourth-order valence-electron chi connectivity index (χ4n) is 1.15. The van der Waals surface area contributed by atoms with Crippen LogP contribution in [0.4, 0.5) is 0 Å². The van der Waals surface area contributed by atoms with E-state index in [0.717, 1.165) is 6.04 Å². The van der Waals surface area contributed by atoms with E-state index in [9.17, 15) is 0 Å². The van der Waals surface area contributed by atoms with E-state index in [1.807, 2.05) is 23.1 Å². The molecule has 0 atom stereocenters. The van der Waals surface area contributed by atoms with Crippen molar-refractivity contribution in [2.45, 2.75) is 18.9 Å². The Bertz CT molecular complexity index is 423. The van der Waals surface area contributed by atoms with E-state index in [1.165, 1.54) is 25.2 Å². The van der Waals surface area contributed by atoms with Crippen LogP contribution in [-0.2, 0) is 0 Å². The molecule has 2 aromatic rings. The minimum absolute atomic E-state index is 0.366. The molecule has 6 heteroatoms. The zero-order valence-corrected chi connectivity index (χ0v) is 9.93. The lowest BCUT2D eigenvalue weighted by Gasteiger charge is -1.91.